The van der Waals surface area contributed by atoms with E-state index in [0.717, 1.165) is 19.5 Å². The van der Waals surface area contributed by atoms with Crippen LogP contribution in [0.4, 0.5) is 0 Å². The SMILES string of the molecule is CC1CCN(C(=O)[C@@H]2CC[C@H](C(=O)O)O2)CC1C. The molecule has 2 aliphatic rings. The molecular formula is C13H21NO4. The highest BCUT2D eigenvalue weighted by atomic mass is 16.5. The van der Waals surface area contributed by atoms with Crippen molar-refractivity contribution in [1.29, 1.82) is 0 Å². The molecule has 2 saturated heterocycles. The normalized spacial score (nSPS) is 36.7. The lowest BCUT2D eigenvalue weighted by atomic mass is 9.88. The number of rotatable bonds is 2. The van der Waals surface area contributed by atoms with E-state index in [9.17, 15) is 9.59 Å². The van der Waals surface area contributed by atoms with Gasteiger partial charge in [-0.3, -0.25) is 4.79 Å². The zero-order chi connectivity index (χ0) is 13.3. The first-order valence-corrected chi connectivity index (χ1v) is 6.66. The topological polar surface area (TPSA) is 66.8 Å². The second-order valence-electron chi connectivity index (χ2n) is 5.56. The predicted molar refractivity (Wildman–Crippen MR) is 65.1 cm³/mol. The highest BCUT2D eigenvalue weighted by Crippen LogP contribution is 2.26. The number of carboxylic acid groups (broad SMARTS) is 1. The highest BCUT2D eigenvalue weighted by molar-refractivity contribution is 5.82. The van der Waals surface area contributed by atoms with Crippen molar-refractivity contribution >= 4 is 11.9 Å². The fraction of sp³-hybridized carbons (Fsp3) is 0.846. The van der Waals surface area contributed by atoms with Crippen LogP contribution in [0.3, 0.4) is 0 Å². The summed E-state index contributed by atoms with van der Waals surface area (Å²) >= 11 is 0. The van der Waals surface area contributed by atoms with Crippen LogP contribution >= 0.6 is 0 Å². The fourth-order valence-corrected chi connectivity index (χ4v) is 2.67. The van der Waals surface area contributed by atoms with Crippen LogP contribution in [0.15, 0.2) is 0 Å². The smallest absolute Gasteiger partial charge is 0.332 e. The number of likely N-dealkylation sites (tertiary alicyclic amines) is 1. The molecule has 0 aliphatic carbocycles. The van der Waals surface area contributed by atoms with E-state index < -0.39 is 18.2 Å². The standard InChI is InChI=1S/C13H21NO4/c1-8-5-6-14(7-9(8)2)12(15)10-3-4-11(18-10)13(16)17/h8-11H,3-7H2,1-2H3,(H,16,17)/t8?,9?,10-,11+/m0/s1. The van der Waals surface area contributed by atoms with Crippen molar-refractivity contribution in [2.75, 3.05) is 13.1 Å². The Balaban J connectivity index is 1.90. The van der Waals surface area contributed by atoms with E-state index in [4.69, 9.17) is 9.84 Å². The maximum atomic E-state index is 12.2. The minimum absolute atomic E-state index is 0.0301. The number of nitrogens with zero attached hydrogens (tertiary/aromatic N) is 1. The van der Waals surface area contributed by atoms with Crippen molar-refractivity contribution in [3.05, 3.63) is 0 Å². The molecule has 0 radical (unpaired) electrons. The lowest BCUT2D eigenvalue weighted by Crippen LogP contribution is -2.46. The highest BCUT2D eigenvalue weighted by Gasteiger charge is 2.38. The zero-order valence-electron chi connectivity index (χ0n) is 11.0. The number of amides is 1. The minimum Gasteiger partial charge on any atom is -0.479 e. The molecule has 0 aromatic heterocycles. The maximum Gasteiger partial charge on any atom is 0.332 e. The van der Waals surface area contributed by atoms with Crippen LogP contribution in [-0.4, -0.2) is 47.2 Å². The van der Waals surface area contributed by atoms with Gasteiger partial charge in [0.25, 0.3) is 5.91 Å². The number of hydrogen-bond donors (Lipinski definition) is 1. The van der Waals surface area contributed by atoms with Gasteiger partial charge in [-0.15, -0.1) is 0 Å². The molecule has 0 aromatic carbocycles. The van der Waals surface area contributed by atoms with Crippen molar-refractivity contribution < 1.29 is 19.4 Å². The molecule has 0 bridgehead atoms. The van der Waals surface area contributed by atoms with Gasteiger partial charge in [-0.05, 0) is 31.1 Å². The van der Waals surface area contributed by atoms with E-state index in [2.05, 4.69) is 13.8 Å². The Morgan fingerprint density at radius 1 is 1.11 bits per heavy atom. The summed E-state index contributed by atoms with van der Waals surface area (Å²) in [6.07, 6.45) is 0.621. The number of aliphatic carboxylic acids is 1. The monoisotopic (exact) mass is 255 g/mol. The Hall–Kier alpha value is -1.10. The number of ether oxygens (including phenoxy) is 1. The van der Waals surface area contributed by atoms with Crippen LogP contribution < -0.4 is 0 Å². The summed E-state index contributed by atoms with van der Waals surface area (Å²) in [5.74, 6) is 0.146. The third kappa shape index (κ3) is 2.66. The van der Waals surface area contributed by atoms with E-state index in [1.807, 2.05) is 4.90 Å². The first kappa shape index (κ1) is 13.3. The Bertz CT molecular complexity index is 344. The molecule has 0 aromatic rings. The predicted octanol–water partition coefficient (Wildman–Crippen LogP) is 1.12. The lowest BCUT2D eigenvalue weighted by molar-refractivity contribution is -0.155. The molecule has 2 aliphatic heterocycles. The van der Waals surface area contributed by atoms with Crippen LogP contribution in [0.1, 0.15) is 33.1 Å². The molecule has 5 heteroatoms. The second-order valence-corrected chi connectivity index (χ2v) is 5.56. The van der Waals surface area contributed by atoms with Gasteiger partial charge in [0.2, 0.25) is 0 Å². The molecule has 0 saturated carbocycles. The van der Waals surface area contributed by atoms with E-state index in [0.29, 0.717) is 24.7 Å². The summed E-state index contributed by atoms with van der Waals surface area (Å²) in [5, 5.41) is 8.85. The van der Waals surface area contributed by atoms with Gasteiger partial charge in [0, 0.05) is 13.1 Å². The van der Waals surface area contributed by atoms with Crippen LogP contribution in [0, 0.1) is 11.8 Å². The average molecular weight is 255 g/mol. The van der Waals surface area contributed by atoms with E-state index in [1.54, 1.807) is 0 Å². The summed E-state index contributed by atoms with van der Waals surface area (Å²) in [4.78, 5) is 24.9. The number of carbonyl (C=O) groups excluding carboxylic acids is 1. The number of hydrogen-bond acceptors (Lipinski definition) is 3. The molecule has 4 atom stereocenters. The molecule has 5 nitrogen and oxygen atoms in total. The zero-order valence-corrected chi connectivity index (χ0v) is 11.0. The maximum absolute atomic E-state index is 12.2. The van der Waals surface area contributed by atoms with Gasteiger partial charge in [0.05, 0.1) is 0 Å². The second kappa shape index (κ2) is 5.26. The largest absolute Gasteiger partial charge is 0.479 e. The molecular weight excluding hydrogens is 234 g/mol. The molecule has 102 valence electrons. The summed E-state index contributed by atoms with van der Waals surface area (Å²) in [7, 11) is 0. The molecule has 2 unspecified atom stereocenters. The lowest BCUT2D eigenvalue weighted by Gasteiger charge is -2.36. The van der Waals surface area contributed by atoms with E-state index in [-0.39, 0.29) is 5.91 Å². The summed E-state index contributed by atoms with van der Waals surface area (Å²) in [5.41, 5.74) is 0. The van der Waals surface area contributed by atoms with Crippen molar-refractivity contribution in [3.63, 3.8) is 0 Å². The van der Waals surface area contributed by atoms with E-state index in [1.165, 1.54) is 0 Å². The van der Waals surface area contributed by atoms with Gasteiger partial charge < -0.3 is 14.7 Å². The van der Waals surface area contributed by atoms with Gasteiger partial charge in [0.1, 0.15) is 6.10 Å². The minimum atomic E-state index is -0.967. The third-order valence-corrected chi connectivity index (χ3v) is 4.22. The Labute approximate surface area is 107 Å². The third-order valence-electron chi connectivity index (χ3n) is 4.22. The first-order valence-electron chi connectivity index (χ1n) is 6.66. The number of piperidine rings is 1. The average Bonchev–Trinajstić information content (AvgIpc) is 2.81. The van der Waals surface area contributed by atoms with Crippen molar-refractivity contribution in [1.82, 2.24) is 4.90 Å². The molecule has 2 fully saturated rings. The summed E-state index contributed by atoms with van der Waals surface area (Å²) in [6.45, 7) is 5.89. The van der Waals surface area contributed by atoms with Crippen molar-refractivity contribution in [2.24, 2.45) is 11.8 Å². The van der Waals surface area contributed by atoms with E-state index >= 15 is 0 Å². The van der Waals surface area contributed by atoms with Gasteiger partial charge in [-0.2, -0.15) is 0 Å². The number of carboxylic acids is 1. The quantitative estimate of drug-likeness (QED) is 0.803. The molecule has 1 amide bonds. The van der Waals surface area contributed by atoms with Crippen LogP contribution in [-0.2, 0) is 14.3 Å². The molecule has 0 spiro atoms. The first-order chi connectivity index (χ1) is 8.49. The van der Waals surface area contributed by atoms with Crippen LogP contribution in [0.25, 0.3) is 0 Å². The van der Waals surface area contributed by atoms with Crippen LogP contribution in [0.5, 0.6) is 0 Å². The Morgan fingerprint density at radius 2 is 1.78 bits per heavy atom. The summed E-state index contributed by atoms with van der Waals surface area (Å²) in [6, 6.07) is 0. The van der Waals surface area contributed by atoms with Crippen molar-refractivity contribution in [3.8, 4) is 0 Å². The van der Waals surface area contributed by atoms with Crippen LogP contribution in [0.2, 0.25) is 0 Å². The van der Waals surface area contributed by atoms with Gasteiger partial charge in [-0.25, -0.2) is 4.79 Å². The summed E-state index contributed by atoms with van der Waals surface area (Å²) < 4.78 is 5.31. The Kier molecular flexibility index (Phi) is 3.90. The molecule has 2 rings (SSSR count). The molecule has 18 heavy (non-hydrogen) atoms. The van der Waals surface area contributed by atoms with Gasteiger partial charge in [0.15, 0.2) is 6.10 Å². The van der Waals surface area contributed by atoms with Crippen molar-refractivity contribution in [2.45, 2.75) is 45.3 Å². The molecule has 2 heterocycles. The Morgan fingerprint density at radius 3 is 2.33 bits per heavy atom. The van der Waals surface area contributed by atoms with Gasteiger partial charge in [-0.1, -0.05) is 13.8 Å². The number of carbonyl (C=O) groups is 2. The van der Waals surface area contributed by atoms with Gasteiger partial charge >= 0.3 is 5.97 Å². The molecule has 1 N–H and O–H groups in total. The fourth-order valence-electron chi connectivity index (χ4n) is 2.67.